The lowest BCUT2D eigenvalue weighted by Crippen LogP contribution is -2.34. The van der Waals surface area contributed by atoms with Crippen molar-refractivity contribution in [3.63, 3.8) is 0 Å². The molecule has 2 fully saturated rings. The second kappa shape index (κ2) is 12.5. The summed E-state index contributed by atoms with van der Waals surface area (Å²) < 4.78 is 6.22. The number of hydrogen-bond acceptors (Lipinski definition) is 5. The molecule has 2 N–H and O–H groups in total. The first-order valence-electron chi connectivity index (χ1n) is 14.2. The number of piperidine rings is 1. The van der Waals surface area contributed by atoms with Crippen LogP contribution in [-0.2, 0) is 6.54 Å². The zero-order chi connectivity index (χ0) is 26.5. The molecule has 1 aliphatic heterocycles. The van der Waals surface area contributed by atoms with Gasteiger partial charge in [-0.3, -0.25) is 4.79 Å². The van der Waals surface area contributed by atoms with Gasteiger partial charge in [-0.1, -0.05) is 37.1 Å². The van der Waals surface area contributed by atoms with Crippen LogP contribution in [-0.4, -0.2) is 43.1 Å². The fraction of sp³-hybridized carbons (Fsp3) is 0.469. The molecule has 1 amide bonds. The third kappa shape index (κ3) is 6.48. The highest BCUT2D eigenvalue weighted by Gasteiger charge is 2.23. The average Bonchev–Trinajstić information content (AvgIpc) is 3.65. The zero-order valence-corrected chi connectivity index (χ0v) is 23.8. The maximum absolute atomic E-state index is 13.6. The van der Waals surface area contributed by atoms with Crippen molar-refractivity contribution in [2.75, 3.05) is 20.1 Å². The van der Waals surface area contributed by atoms with Crippen LogP contribution in [0.1, 0.15) is 77.9 Å². The van der Waals surface area contributed by atoms with Crippen LogP contribution in [0.4, 0.5) is 0 Å². The molecule has 1 saturated carbocycles. The van der Waals surface area contributed by atoms with Gasteiger partial charge >= 0.3 is 0 Å². The summed E-state index contributed by atoms with van der Waals surface area (Å²) in [4.78, 5) is 18.1. The molecule has 2 heterocycles. The fourth-order valence-electron chi connectivity index (χ4n) is 5.55. The van der Waals surface area contributed by atoms with E-state index in [4.69, 9.17) is 4.74 Å². The smallest absolute Gasteiger partial charge is 0.254 e. The largest absolute Gasteiger partial charge is 0.490 e. The topological polar surface area (TPSA) is 53.6 Å². The first-order chi connectivity index (χ1) is 18.5. The minimum absolute atomic E-state index is 0.0209. The number of thiophene rings is 1. The summed E-state index contributed by atoms with van der Waals surface area (Å²) >= 11 is 1.86. The molecule has 1 atom stereocenters. The van der Waals surface area contributed by atoms with Gasteiger partial charge in [0.05, 0.1) is 6.04 Å². The molecule has 5 rings (SSSR count). The molecule has 5 nitrogen and oxygen atoms in total. The molecule has 0 unspecified atom stereocenters. The van der Waals surface area contributed by atoms with Gasteiger partial charge in [-0.15, -0.1) is 11.3 Å². The number of carbonyl (C=O) groups excluding carboxylic acids is 1. The van der Waals surface area contributed by atoms with E-state index in [0.29, 0.717) is 11.6 Å². The molecule has 0 spiro atoms. The van der Waals surface area contributed by atoms with Crippen LogP contribution in [0.3, 0.4) is 0 Å². The molecular weight excluding hydrogens is 490 g/mol. The number of nitrogens with one attached hydrogen (secondary N) is 2. The zero-order valence-electron chi connectivity index (χ0n) is 23.0. The molecule has 2 aliphatic rings. The van der Waals surface area contributed by atoms with Crippen molar-refractivity contribution in [1.82, 2.24) is 15.5 Å². The van der Waals surface area contributed by atoms with Crippen LogP contribution in [0, 0.1) is 6.92 Å². The maximum atomic E-state index is 13.6. The number of carbonyl (C=O) groups is 1. The van der Waals surface area contributed by atoms with Crippen molar-refractivity contribution in [2.24, 2.45) is 0 Å². The summed E-state index contributed by atoms with van der Waals surface area (Å²) in [5.41, 5.74) is 4.02. The highest BCUT2D eigenvalue weighted by atomic mass is 32.1. The van der Waals surface area contributed by atoms with Crippen LogP contribution in [0.25, 0.3) is 10.4 Å². The van der Waals surface area contributed by atoms with Crippen molar-refractivity contribution >= 4 is 17.2 Å². The number of amides is 1. The van der Waals surface area contributed by atoms with E-state index in [0.717, 1.165) is 49.4 Å². The summed E-state index contributed by atoms with van der Waals surface area (Å²) in [5, 5.41) is 7.09. The third-order valence-corrected chi connectivity index (χ3v) is 9.30. The molecule has 1 aromatic heterocycles. The summed E-state index contributed by atoms with van der Waals surface area (Å²) in [6.07, 6.45) is 7.51. The molecule has 6 heteroatoms. The van der Waals surface area contributed by atoms with Crippen LogP contribution >= 0.6 is 11.3 Å². The number of ether oxygens (including phenoxy) is 1. The lowest BCUT2D eigenvalue weighted by molar-refractivity contribution is 0.0740. The second-order valence-corrected chi connectivity index (χ2v) is 12.1. The fourth-order valence-corrected chi connectivity index (χ4v) is 6.51. The molecule has 1 aliphatic carbocycles. The summed E-state index contributed by atoms with van der Waals surface area (Å²) in [6.45, 7) is 7.00. The Hall–Kier alpha value is -2.67. The number of nitrogens with zero attached hydrogens (tertiary/aromatic N) is 1. The van der Waals surface area contributed by atoms with E-state index >= 15 is 0 Å². The first kappa shape index (κ1) is 26.9. The van der Waals surface area contributed by atoms with Crippen LogP contribution in [0.5, 0.6) is 5.75 Å². The summed E-state index contributed by atoms with van der Waals surface area (Å²) in [6, 6.07) is 19.6. The van der Waals surface area contributed by atoms with Crippen molar-refractivity contribution in [2.45, 2.75) is 77.1 Å². The lowest BCUT2D eigenvalue weighted by Gasteiger charge is -2.27. The van der Waals surface area contributed by atoms with E-state index in [9.17, 15) is 4.79 Å². The minimum atomic E-state index is -0.0562. The Morgan fingerprint density at radius 1 is 1.08 bits per heavy atom. The molecule has 2 aromatic carbocycles. The lowest BCUT2D eigenvalue weighted by atomic mass is 10.0. The third-order valence-electron chi connectivity index (χ3n) is 8.17. The predicted molar refractivity (Wildman–Crippen MR) is 157 cm³/mol. The van der Waals surface area contributed by atoms with Gasteiger partial charge in [-0.25, -0.2) is 0 Å². The average molecular weight is 532 g/mol. The molecule has 0 bridgehead atoms. The predicted octanol–water partition coefficient (Wildman–Crippen LogP) is 6.72. The monoisotopic (exact) mass is 531 g/mol. The van der Waals surface area contributed by atoms with E-state index in [2.05, 4.69) is 54.0 Å². The van der Waals surface area contributed by atoms with Gasteiger partial charge in [-0.2, -0.15) is 0 Å². The molecule has 38 heavy (non-hydrogen) atoms. The Labute approximate surface area is 231 Å². The van der Waals surface area contributed by atoms with E-state index < -0.39 is 0 Å². The van der Waals surface area contributed by atoms with E-state index in [1.54, 1.807) is 0 Å². The molecule has 0 radical (unpaired) electrons. The van der Waals surface area contributed by atoms with Crippen LogP contribution < -0.4 is 15.4 Å². The Bertz CT molecular complexity index is 1230. The van der Waals surface area contributed by atoms with Crippen LogP contribution in [0.2, 0.25) is 0 Å². The van der Waals surface area contributed by atoms with E-state index in [1.165, 1.54) is 41.0 Å². The first-order valence-corrected chi connectivity index (χ1v) is 15.0. The summed E-state index contributed by atoms with van der Waals surface area (Å²) in [5.74, 6) is 0.803. The highest BCUT2D eigenvalue weighted by molar-refractivity contribution is 7.15. The van der Waals surface area contributed by atoms with E-state index in [-0.39, 0.29) is 18.1 Å². The Morgan fingerprint density at radius 2 is 1.87 bits per heavy atom. The Balaban J connectivity index is 1.26. The quantitative estimate of drug-likeness (QED) is 0.322. The number of rotatable bonds is 9. The molecule has 3 aromatic rings. The van der Waals surface area contributed by atoms with Crippen molar-refractivity contribution in [3.8, 4) is 16.2 Å². The number of hydrogen-bond donors (Lipinski definition) is 2. The van der Waals surface area contributed by atoms with Gasteiger partial charge in [0.15, 0.2) is 0 Å². The van der Waals surface area contributed by atoms with Crippen molar-refractivity contribution in [1.29, 1.82) is 0 Å². The van der Waals surface area contributed by atoms with Gasteiger partial charge in [0.1, 0.15) is 11.9 Å². The molecule has 1 saturated heterocycles. The Morgan fingerprint density at radius 3 is 2.66 bits per heavy atom. The van der Waals surface area contributed by atoms with Crippen molar-refractivity contribution < 1.29 is 9.53 Å². The van der Waals surface area contributed by atoms with E-state index in [1.807, 2.05) is 48.4 Å². The van der Waals surface area contributed by atoms with Crippen LogP contribution in [0.15, 0.2) is 54.6 Å². The molecule has 202 valence electrons. The summed E-state index contributed by atoms with van der Waals surface area (Å²) in [7, 11) is 1.90. The Kier molecular flexibility index (Phi) is 8.82. The van der Waals surface area contributed by atoms with Gasteiger partial charge < -0.3 is 20.3 Å². The van der Waals surface area contributed by atoms with Gasteiger partial charge in [-0.05, 0) is 99.6 Å². The normalized spacial score (nSPS) is 17.4. The molecular formula is C32H41N3O2S. The standard InChI is InChI=1S/C32H41N3O2S/c1-22-11-12-28(37-27-15-17-33-18-16-27)20-30(22)32(36)35(3)23(2)24-7-6-8-25(19-24)31-14-13-29(38-31)21-34-26-9-4-5-10-26/h6-8,11-14,19-20,23,26-27,33-34H,4-5,9-10,15-18,21H2,1-3H3/t23-/m1/s1. The number of aryl methyl sites for hydroxylation is 1. The van der Waals surface area contributed by atoms with Crippen molar-refractivity contribution in [3.05, 3.63) is 76.2 Å². The number of benzene rings is 2. The van der Waals surface area contributed by atoms with Gasteiger partial charge in [0, 0.05) is 35.0 Å². The SMILES string of the molecule is Cc1ccc(OC2CCNCC2)cc1C(=O)N(C)[C@H](C)c1cccc(-c2ccc(CNC3CCCC3)s2)c1. The maximum Gasteiger partial charge on any atom is 0.254 e. The highest BCUT2D eigenvalue weighted by Crippen LogP contribution is 2.32. The van der Waals surface area contributed by atoms with Gasteiger partial charge in [0.25, 0.3) is 5.91 Å². The minimum Gasteiger partial charge on any atom is -0.490 e. The second-order valence-electron chi connectivity index (χ2n) is 10.9. The van der Waals surface area contributed by atoms with Gasteiger partial charge in [0.2, 0.25) is 0 Å².